The van der Waals surface area contributed by atoms with Gasteiger partial charge in [0, 0.05) is 35.6 Å². The Morgan fingerprint density at radius 2 is 1.66 bits per heavy atom. The number of amides is 2. The first-order valence-electron chi connectivity index (χ1n) is 11.8. The van der Waals surface area contributed by atoms with E-state index < -0.39 is 0 Å². The summed E-state index contributed by atoms with van der Waals surface area (Å²) in [6, 6.07) is 23.0. The number of carbonyl (C=O) groups excluding carboxylic acids is 2. The van der Waals surface area contributed by atoms with Gasteiger partial charge >= 0.3 is 0 Å². The second-order valence-electron chi connectivity index (χ2n) is 8.07. The third-order valence-electron chi connectivity index (χ3n) is 5.24. The van der Waals surface area contributed by atoms with Crippen LogP contribution in [0.1, 0.15) is 21.5 Å². The molecule has 0 atom stereocenters. The van der Waals surface area contributed by atoms with Gasteiger partial charge in [-0.2, -0.15) is 0 Å². The number of nitrogens with one attached hydrogen (secondary N) is 4. The summed E-state index contributed by atoms with van der Waals surface area (Å²) in [6.45, 7) is 5.73. The first-order valence-corrected chi connectivity index (χ1v) is 12.1. The number of benzene rings is 3. The summed E-state index contributed by atoms with van der Waals surface area (Å²) >= 11 is 6.05. The summed E-state index contributed by atoms with van der Waals surface area (Å²) in [7, 11) is 1.56. The smallest absolute Gasteiger partial charge is 0.256 e. The normalized spacial score (nSPS) is 9.87. The van der Waals surface area contributed by atoms with Gasteiger partial charge in [0.05, 0.1) is 18.1 Å². The Balaban J connectivity index is 0.000000599. The van der Waals surface area contributed by atoms with Crippen LogP contribution >= 0.6 is 11.6 Å². The van der Waals surface area contributed by atoms with Crippen LogP contribution in [0.25, 0.3) is 0 Å². The fourth-order valence-corrected chi connectivity index (χ4v) is 3.45. The van der Waals surface area contributed by atoms with Crippen LogP contribution in [0.5, 0.6) is 0 Å². The molecular weight excluding hydrogens is 500 g/mol. The van der Waals surface area contributed by atoms with Gasteiger partial charge in [0.25, 0.3) is 5.91 Å². The van der Waals surface area contributed by atoms with Crippen LogP contribution in [0.15, 0.2) is 97.8 Å². The number of carbonyl (C=O) groups is 2. The van der Waals surface area contributed by atoms with E-state index in [4.69, 9.17) is 11.6 Å². The Bertz CT molecular complexity index is 1380. The van der Waals surface area contributed by atoms with Gasteiger partial charge in [0.15, 0.2) is 0 Å². The quantitative estimate of drug-likeness (QED) is 0.210. The molecule has 0 saturated heterocycles. The molecule has 4 rings (SSSR count). The largest absolute Gasteiger partial charge is 0.381 e. The number of anilines is 4. The number of aryl methyl sites for hydroxylation is 1. The molecule has 4 aromatic rings. The maximum absolute atomic E-state index is 12.9. The molecule has 194 valence electrons. The minimum atomic E-state index is -0.221. The Morgan fingerprint density at radius 3 is 2.29 bits per heavy atom. The SMILES string of the molecule is C=CC(=O)NC.Cc1ccc(NCc2cccc(Cl)c2)cc1C(=O)Nc1cnc(Nc2ccccc2)nc1. The highest BCUT2D eigenvalue weighted by atomic mass is 35.5. The van der Waals surface area contributed by atoms with E-state index >= 15 is 0 Å². The van der Waals surface area contributed by atoms with E-state index in [9.17, 15) is 9.59 Å². The highest BCUT2D eigenvalue weighted by Gasteiger charge is 2.11. The number of hydrogen-bond acceptors (Lipinski definition) is 6. The van der Waals surface area contributed by atoms with Crippen molar-refractivity contribution in [3.05, 3.63) is 120 Å². The average molecular weight is 529 g/mol. The van der Waals surface area contributed by atoms with Gasteiger partial charge in [-0.25, -0.2) is 9.97 Å². The number of halogens is 1. The van der Waals surface area contributed by atoms with Crippen molar-refractivity contribution in [1.82, 2.24) is 15.3 Å². The van der Waals surface area contributed by atoms with E-state index in [0.29, 0.717) is 28.8 Å². The fourth-order valence-electron chi connectivity index (χ4n) is 3.24. The average Bonchev–Trinajstić information content (AvgIpc) is 2.94. The molecule has 8 nitrogen and oxygen atoms in total. The number of rotatable bonds is 8. The van der Waals surface area contributed by atoms with Gasteiger partial charge in [-0.05, 0) is 60.5 Å². The third kappa shape index (κ3) is 8.76. The molecular formula is C29H29ClN6O2. The highest BCUT2D eigenvalue weighted by Crippen LogP contribution is 2.19. The summed E-state index contributed by atoms with van der Waals surface area (Å²) in [5, 5.41) is 12.4. The van der Waals surface area contributed by atoms with E-state index in [0.717, 1.165) is 22.5 Å². The van der Waals surface area contributed by atoms with Gasteiger partial charge < -0.3 is 21.3 Å². The second kappa shape index (κ2) is 14.2. The number of nitrogens with zero attached hydrogens (tertiary/aromatic N) is 2. The fraction of sp³-hybridized carbons (Fsp3) is 0.103. The van der Waals surface area contributed by atoms with Crippen LogP contribution in [-0.4, -0.2) is 28.8 Å². The summed E-state index contributed by atoms with van der Waals surface area (Å²) in [4.78, 5) is 31.3. The number of likely N-dealkylation sites (N-methyl/N-ethyl adjacent to an activating group) is 1. The first kappa shape index (κ1) is 27.9. The van der Waals surface area contributed by atoms with Crippen molar-refractivity contribution in [2.75, 3.05) is 23.0 Å². The Morgan fingerprint density at radius 1 is 0.921 bits per heavy atom. The lowest BCUT2D eigenvalue weighted by atomic mass is 10.1. The van der Waals surface area contributed by atoms with Crippen LogP contribution in [-0.2, 0) is 11.3 Å². The molecule has 3 aromatic carbocycles. The zero-order valence-electron chi connectivity index (χ0n) is 21.2. The molecule has 9 heteroatoms. The lowest BCUT2D eigenvalue weighted by Gasteiger charge is -2.12. The molecule has 0 saturated carbocycles. The maximum Gasteiger partial charge on any atom is 0.256 e. The van der Waals surface area contributed by atoms with E-state index in [1.54, 1.807) is 19.4 Å². The van der Waals surface area contributed by atoms with Gasteiger partial charge in [-0.3, -0.25) is 9.59 Å². The van der Waals surface area contributed by atoms with Crippen molar-refractivity contribution in [3.63, 3.8) is 0 Å². The van der Waals surface area contributed by atoms with Gasteiger partial charge in [0.2, 0.25) is 11.9 Å². The number of para-hydroxylation sites is 1. The molecule has 38 heavy (non-hydrogen) atoms. The Labute approximate surface area is 227 Å². The van der Waals surface area contributed by atoms with E-state index in [-0.39, 0.29) is 11.8 Å². The molecule has 0 aliphatic rings. The minimum absolute atomic E-state index is 0.144. The van der Waals surface area contributed by atoms with Crippen LogP contribution in [0.4, 0.5) is 23.0 Å². The maximum atomic E-state index is 12.9. The molecule has 0 bridgehead atoms. The first-order chi connectivity index (χ1) is 18.4. The Hall–Kier alpha value is -4.69. The molecule has 4 N–H and O–H groups in total. The topological polar surface area (TPSA) is 108 Å². The molecule has 0 spiro atoms. The lowest BCUT2D eigenvalue weighted by molar-refractivity contribution is -0.116. The van der Waals surface area contributed by atoms with Crippen molar-refractivity contribution in [3.8, 4) is 0 Å². The number of aromatic nitrogens is 2. The second-order valence-corrected chi connectivity index (χ2v) is 8.51. The monoisotopic (exact) mass is 528 g/mol. The van der Waals surface area contributed by atoms with Crippen LogP contribution in [0, 0.1) is 6.92 Å². The van der Waals surface area contributed by atoms with Gasteiger partial charge in [-0.1, -0.05) is 54.6 Å². The van der Waals surface area contributed by atoms with Crippen molar-refractivity contribution < 1.29 is 9.59 Å². The lowest BCUT2D eigenvalue weighted by Crippen LogP contribution is -2.14. The molecule has 1 aromatic heterocycles. The van der Waals surface area contributed by atoms with E-state index in [2.05, 4.69) is 37.8 Å². The summed E-state index contributed by atoms with van der Waals surface area (Å²) < 4.78 is 0. The summed E-state index contributed by atoms with van der Waals surface area (Å²) in [5.41, 5.74) is 4.77. The molecule has 0 radical (unpaired) electrons. The molecule has 0 aliphatic heterocycles. The van der Waals surface area contributed by atoms with Crippen molar-refractivity contribution in [2.45, 2.75) is 13.5 Å². The van der Waals surface area contributed by atoms with Crippen LogP contribution in [0.2, 0.25) is 5.02 Å². The molecule has 0 fully saturated rings. The minimum Gasteiger partial charge on any atom is -0.381 e. The van der Waals surface area contributed by atoms with Crippen molar-refractivity contribution >= 4 is 46.4 Å². The molecule has 1 heterocycles. The summed E-state index contributed by atoms with van der Waals surface area (Å²) in [5.74, 6) is 0.0915. The van der Waals surface area contributed by atoms with Gasteiger partial charge in [0.1, 0.15) is 0 Å². The zero-order chi connectivity index (χ0) is 27.3. The zero-order valence-corrected chi connectivity index (χ0v) is 21.9. The van der Waals surface area contributed by atoms with Crippen molar-refractivity contribution in [2.24, 2.45) is 0 Å². The predicted molar refractivity (Wildman–Crippen MR) is 154 cm³/mol. The standard InChI is InChI=1S/C25H22ClN5O.C4H7NO/c1-17-10-11-21(27-14-18-6-5-7-19(26)12-18)13-23(17)24(32)30-22-15-28-25(29-16-22)31-20-8-3-2-4-9-20;1-3-4(6)5-2/h2-13,15-16,27H,14H2,1H3,(H,30,32)(H,28,29,31);3H,1H2,2H3,(H,5,6). The van der Waals surface area contributed by atoms with Crippen LogP contribution in [0.3, 0.4) is 0 Å². The van der Waals surface area contributed by atoms with Crippen LogP contribution < -0.4 is 21.3 Å². The third-order valence-corrected chi connectivity index (χ3v) is 5.47. The van der Waals surface area contributed by atoms with E-state index in [1.807, 2.05) is 79.7 Å². The number of hydrogen-bond donors (Lipinski definition) is 4. The van der Waals surface area contributed by atoms with Gasteiger partial charge in [-0.15, -0.1) is 0 Å². The van der Waals surface area contributed by atoms with Crippen molar-refractivity contribution in [1.29, 1.82) is 0 Å². The predicted octanol–water partition coefficient (Wildman–Crippen LogP) is 5.96. The Kier molecular flexibility index (Phi) is 10.4. The molecule has 2 amide bonds. The summed E-state index contributed by atoms with van der Waals surface area (Å²) in [6.07, 6.45) is 4.37. The molecule has 0 unspecified atom stereocenters. The highest BCUT2D eigenvalue weighted by molar-refractivity contribution is 6.30. The van der Waals surface area contributed by atoms with E-state index in [1.165, 1.54) is 6.08 Å². The molecule has 0 aliphatic carbocycles.